The van der Waals surface area contributed by atoms with Gasteiger partial charge >= 0.3 is 0 Å². The smallest absolute Gasteiger partial charge is 0.114 e. The fourth-order valence-electron chi connectivity index (χ4n) is 2.75. The van der Waals surface area contributed by atoms with Gasteiger partial charge in [0.1, 0.15) is 5.54 Å². The Labute approximate surface area is 97.6 Å². The minimum Gasteiger partial charge on any atom is -0.378 e. The number of rotatable bonds is 2. The van der Waals surface area contributed by atoms with E-state index in [1.54, 1.807) is 0 Å². The number of hydrogen-bond donors (Lipinski definition) is 1. The van der Waals surface area contributed by atoms with Gasteiger partial charge in [0.2, 0.25) is 0 Å². The first-order valence-electron chi connectivity index (χ1n) is 6.29. The van der Waals surface area contributed by atoms with E-state index in [1.807, 2.05) is 0 Å². The van der Waals surface area contributed by atoms with E-state index in [9.17, 15) is 5.26 Å². The van der Waals surface area contributed by atoms with Gasteiger partial charge in [0.15, 0.2) is 0 Å². The van der Waals surface area contributed by atoms with Gasteiger partial charge in [-0.1, -0.05) is 6.92 Å². The fourth-order valence-corrected chi connectivity index (χ4v) is 2.75. The third kappa shape index (κ3) is 2.22. The second kappa shape index (κ2) is 5.13. The molecule has 2 aliphatic heterocycles. The Morgan fingerprint density at radius 1 is 1.50 bits per heavy atom. The molecule has 2 aliphatic rings. The molecule has 0 radical (unpaired) electrons. The summed E-state index contributed by atoms with van der Waals surface area (Å²) in [5.41, 5.74) is -0.263. The normalized spacial score (nSPS) is 36.9. The zero-order chi connectivity index (χ0) is 11.4. The topological polar surface area (TPSA) is 48.3 Å². The lowest BCUT2D eigenvalue weighted by Crippen LogP contribution is -2.58. The highest BCUT2D eigenvalue weighted by molar-refractivity contribution is 5.11. The summed E-state index contributed by atoms with van der Waals surface area (Å²) in [7, 11) is 0. The maximum absolute atomic E-state index is 9.54. The van der Waals surface area contributed by atoms with Gasteiger partial charge < -0.3 is 10.1 Å². The average Bonchev–Trinajstić information content (AvgIpc) is 2.39. The molecule has 1 N–H and O–H groups in total. The maximum atomic E-state index is 9.54. The van der Waals surface area contributed by atoms with Crippen molar-refractivity contribution in [3.05, 3.63) is 0 Å². The molecule has 16 heavy (non-hydrogen) atoms. The standard InChI is InChI=1S/C12H21N3O/c1-2-11-9-12(10-13,3-8-16-11)15-6-4-14-5-7-15/h11,14H,2-9H2,1H3. The van der Waals surface area contributed by atoms with Gasteiger partial charge in [-0.25, -0.2) is 0 Å². The molecule has 4 nitrogen and oxygen atoms in total. The van der Waals surface area contributed by atoms with Crippen LogP contribution in [-0.2, 0) is 4.74 Å². The molecule has 2 heterocycles. The van der Waals surface area contributed by atoms with E-state index in [2.05, 4.69) is 23.2 Å². The number of hydrogen-bond acceptors (Lipinski definition) is 4. The molecule has 2 atom stereocenters. The van der Waals surface area contributed by atoms with Crippen molar-refractivity contribution in [3.8, 4) is 6.07 Å². The van der Waals surface area contributed by atoms with Gasteiger partial charge in [-0.15, -0.1) is 0 Å². The fraction of sp³-hybridized carbons (Fsp3) is 0.917. The number of piperazine rings is 1. The van der Waals surface area contributed by atoms with Crippen molar-refractivity contribution in [3.63, 3.8) is 0 Å². The average molecular weight is 223 g/mol. The van der Waals surface area contributed by atoms with Gasteiger partial charge in [-0.05, 0) is 6.42 Å². The first-order chi connectivity index (χ1) is 7.80. The van der Waals surface area contributed by atoms with Gasteiger partial charge in [-0.3, -0.25) is 4.90 Å². The molecule has 0 aromatic heterocycles. The lowest BCUT2D eigenvalue weighted by molar-refractivity contribution is -0.0559. The summed E-state index contributed by atoms with van der Waals surface area (Å²) >= 11 is 0. The predicted molar refractivity (Wildman–Crippen MR) is 62.1 cm³/mol. The van der Waals surface area contributed by atoms with Crippen LogP contribution in [0.1, 0.15) is 26.2 Å². The van der Waals surface area contributed by atoms with Crippen molar-refractivity contribution < 1.29 is 4.74 Å². The van der Waals surface area contributed by atoms with Crippen LogP contribution in [0.15, 0.2) is 0 Å². The Morgan fingerprint density at radius 3 is 2.88 bits per heavy atom. The van der Waals surface area contributed by atoms with Crippen LogP contribution in [0.2, 0.25) is 0 Å². The van der Waals surface area contributed by atoms with Crippen molar-refractivity contribution in [1.82, 2.24) is 10.2 Å². The van der Waals surface area contributed by atoms with Gasteiger partial charge in [0.05, 0.1) is 12.2 Å². The summed E-state index contributed by atoms with van der Waals surface area (Å²) in [5, 5.41) is 12.9. The van der Waals surface area contributed by atoms with Crippen LogP contribution in [0.3, 0.4) is 0 Å². The van der Waals surface area contributed by atoms with E-state index in [1.165, 1.54) is 0 Å². The highest BCUT2D eigenvalue weighted by Crippen LogP contribution is 2.31. The summed E-state index contributed by atoms with van der Waals surface area (Å²) in [4.78, 5) is 2.36. The molecule has 0 amide bonds. The highest BCUT2D eigenvalue weighted by atomic mass is 16.5. The number of nitriles is 1. The zero-order valence-corrected chi connectivity index (χ0v) is 10.0. The van der Waals surface area contributed by atoms with Gasteiger partial charge in [0.25, 0.3) is 0 Å². The van der Waals surface area contributed by atoms with E-state index in [4.69, 9.17) is 4.74 Å². The van der Waals surface area contributed by atoms with E-state index in [0.717, 1.165) is 52.0 Å². The Morgan fingerprint density at radius 2 is 2.25 bits per heavy atom. The van der Waals surface area contributed by atoms with Crippen molar-refractivity contribution in [2.75, 3.05) is 32.8 Å². The van der Waals surface area contributed by atoms with Crippen molar-refractivity contribution in [2.24, 2.45) is 0 Å². The number of nitrogens with zero attached hydrogens (tertiary/aromatic N) is 2. The third-order valence-electron chi connectivity index (χ3n) is 3.82. The minimum atomic E-state index is -0.263. The van der Waals surface area contributed by atoms with E-state index < -0.39 is 0 Å². The molecule has 0 spiro atoms. The largest absolute Gasteiger partial charge is 0.378 e. The zero-order valence-electron chi connectivity index (χ0n) is 10.0. The van der Waals surface area contributed by atoms with Crippen LogP contribution >= 0.6 is 0 Å². The van der Waals surface area contributed by atoms with Crippen LogP contribution in [0, 0.1) is 11.3 Å². The van der Waals surface area contributed by atoms with Crippen molar-refractivity contribution in [2.45, 2.75) is 37.8 Å². The third-order valence-corrected chi connectivity index (χ3v) is 3.82. The summed E-state index contributed by atoms with van der Waals surface area (Å²) in [5.74, 6) is 0. The molecule has 2 saturated heterocycles. The molecular weight excluding hydrogens is 202 g/mol. The van der Waals surface area contributed by atoms with Gasteiger partial charge in [-0.2, -0.15) is 5.26 Å². The molecule has 0 aromatic carbocycles. The maximum Gasteiger partial charge on any atom is 0.114 e. The quantitative estimate of drug-likeness (QED) is 0.750. The predicted octanol–water partition coefficient (Wildman–Crippen LogP) is 0.743. The molecule has 2 fully saturated rings. The highest BCUT2D eigenvalue weighted by Gasteiger charge is 2.42. The molecule has 2 rings (SSSR count). The summed E-state index contributed by atoms with van der Waals surface area (Å²) in [6.45, 7) is 6.85. The van der Waals surface area contributed by atoms with Crippen LogP contribution in [-0.4, -0.2) is 49.3 Å². The van der Waals surface area contributed by atoms with E-state index in [-0.39, 0.29) is 11.6 Å². The lowest BCUT2D eigenvalue weighted by atomic mass is 9.85. The SMILES string of the molecule is CCC1CC(C#N)(N2CCNCC2)CCO1. The Kier molecular flexibility index (Phi) is 3.80. The first-order valence-corrected chi connectivity index (χ1v) is 6.29. The number of ether oxygens (including phenoxy) is 1. The van der Waals surface area contributed by atoms with Crippen LogP contribution in [0.4, 0.5) is 0 Å². The Balaban J connectivity index is 2.08. The second-order valence-corrected chi connectivity index (χ2v) is 4.74. The van der Waals surface area contributed by atoms with Crippen LogP contribution in [0.5, 0.6) is 0 Å². The number of nitrogens with one attached hydrogen (secondary N) is 1. The lowest BCUT2D eigenvalue weighted by Gasteiger charge is -2.45. The molecule has 0 aliphatic carbocycles. The summed E-state index contributed by atoms with van der Waals surface area (Å²) in [6.07, 6.45) is 3.01. The molecule has 2 unspecified atom stereocenters. The molecular formula is C12H21N3O. The van der Waals surface area contributed by atoms with E-state index in [0.29, 0.717) is 0 Å². The van der Waals surface area contributed by atoms with Crippen LogP contribution < -0.4 is 5.32 Å². The molecule has 0 bridgehead atoms. The Bertz CT molecular complexity index is 270. The molecule has 4 heteroatoms. The molecule has 0 saturated carbocycles. The Hall–Kier alpha value is -0.630. The summed E-state index contributed by atoms with van der Waals surface area (Å²) < 4.78 is 5.68. The monoisotopic (exact) mass is 223 g/mol. The first kappa shape index (κ1) is 11.8. The summed E-state index contributed by atoms with van der Waals surface area (Å²) in [6, 6.07) is 2.57. The van der Waals surface area contributed by atoms with Crippen molar-refractivity contribution in [1.29, 1.82) is 5.26 Å². The minimum absolute atomic E-state index is 0.263. The van der Waals surface area contributed by atoms with Gasteiger partial charge in [0, 0.05) is 45.6 Å². The van der Waals surface area contributed by atoms with E-state index >= 15 is 0 Å². The van der Waals surface area contributed by atoms with Crippen LogP contribution in [0.25, 0.3) is 0 Å². The molecule has 0 aromatic rings. The second-order valence-electron chi connectivity index (χ2n) is 4.74. The van der Waals surface area contributed by atoms with Crippen molar-refractivity contribution >= 4 is 0 Å². The molecule has 90 valence electrons.